The Bertz CT molecular complexity index is 955. The minimum absolute atomic E-state index is 0.197. The van der Waals surface area contributed by atoms with Crippen LogP contribution in [0.1, 0.15) is 37.0 Å². The topological polar surface area (TPSA) is 57.5 Å². The van der Waals surface area contributed by atoms with Gasteiger partial charge in [0.25, 0.3) is 0 Å². The Labute approximate surface area is 168 Å². The maximum absolute atomic E-state index is 12.6. The molecule has 0 aliphatic rings. The van der Waals surface area contributed by atoms with Gasteiger partial charge in [-0.15, -0.1) is 11.3 Å². The number of aromatic nitrogens is 1. The fourth-order valence-corrected chi connectivity index (χ4v) is 3.82. The summed E-state index contributed by atoms with van der Waals surface area (Å²) in [5, 5.41) is 2.07. The highest BCUT2D eigenvalue weighted by atomic mass is 32.1. The Morgan fingerprint density at radius 3 is 2.50 bits per heavy atom. The summed E-state index contributed by atoms with van der Waals surface area (Å²) < 4.78 is 12.4. The molecule has 0 saturated heterocycles. The van der Waals surface area contributed by atoms with Gasteiger partial charge in [0, 0.05) is 28.4 Å². The predicted octanol–water partition coefficient (Wildman–Crippen LogP) is 4.46. The first-order chi connectivity index (χ1) is 13.5. The van der Waals surface area contributed by atoms with Crippen LogP contribution in [0, 0.1) is 13.8 Å². The van der Waals surface area contributed by atoms with Crippen molar-refractivity contribution in [2.75, 3.05) is 13.7 Å². The van der Waals surface area contributed by atoms with E-state index in [0.717, 1.165) is 24.4 Å². The Kier molecular flexibility index (Phi) is 6.31. The van der Waals surface area contributed by atoms with Gasteiger partial charge in [0.05, 0.1) is 12.7 Å². The minimum Gasteiger partial charge on any atom is -0.497 e. The molecule has 0 bridgehead atoms. The van der Waals surface area contributed by atoms with Crippen LogP contribution in [0.3, 0.4) is 0 Å². The van der Waals surface area contributed by atoms with Crippen molar-refractivity contribution < 1.29 is 19.1 Å². The molecule has 28 heavy (non-hydrogen) atoms. The lowest BCUT2D eigenvalue weighted by atomic mass is 10.1. The van der Waals surface area contributed by atoms with Crippen LogP contribution < -0.4 is 4.74 Å². The van der Waals surface area contributed by atoms with E-state index in [4.69, 9.17) is 9.47 Å². The molecule has 146 valence electrons. The molecule has 3 aromatic rings. The molecule has 0 atom stereocenters. The molecule has 0 aliphatic carbocycles. The molecule has 0 unspecified atom stereocenters. The van der Waals surface area contributed by atoms with E-state index in [2.05, 4.69) is 16.0 Å². The van der Waals surface area contributed by atoms with Crippen LogP contribution in [-0.4, -0.2) is 30.0 Å². The van der Waals surface area contributed by atoms with E-state index < -0.39 is 5.97 Å². The highest BCUT2D eigenvalue weighted by molar-refractivity contribution is 7.09. The highest BCUT2D eigenvalue weighted by Gasteiger charge is 2.18. The largest absolute Gasteiger partial charge is 0.497 e. The maximum Gasteiger partial charge on any atom is 0.338 e. The number of thiophene rings is 1. The average Bonchev–Trinajstić information content (AvgIpc) is 3.32. The summed E-state index contributed by atoms with van der Waals surface area (Å²) in [6.07, 6.45) is 0.925. The van der Waals surface area contributed by atoms with Gasteiger partial charge in [-0.1, -0.05) is 6.07 Å². The minimum atomic E-state index is -0.525. The first-order valence-electron chi connectivity index (χ1n) is 9.03. The molecule has 2 aromatic heterocycles. The number of benzene rings is 1. The smallest absolute Gasteiger partial charge is 0.338 e. The molecule has 2 heterocycles. The second-order valence-corrected chi connectivity index (χ2v) is 7.53. The van der Waals surface area contributed by atoms with Gasteiger partial charge >= 0.3 is 5.97 Å². The quantitative estimate of drug-likeness (QED) is 0.416. The fourth-order valence-electron chi connectivity index (χ4n) is 3.12. The average molecular weight is 397 g/mol. The predicted molar refractivity (Wildman–Crippen MR) is 110 cm³/mol. The number of esters is 1. The van der Waals surface area contributed by atoms with Gasteiger partial charge in [-0.3, -0.25) is 4.79 Å². The normalized spacial score (nSPS) is 10.7. The zero-order chi connectivity index (χ0) is 20.1. The van der Waals surface area contributed by atoms with E-state index in [-0.39, 0.29) is 12.4 Å². The molecule has 6 heteroatoms. The van der Waals surface area contributed by atoms with E-state index in [0.29, 0.717) is 16.9 Å². The second-order valence-electron chi connectivity index (χ2n) is 6.49. The number of ether oxygens (including phenoxy) is 2. The number of ketones is 1. The number of Topliss-reactive ketones (excluding diaryl/α,β-unsaturated/α-hetero) is 1. The van der Waals surface area contributed by atoms with Crippen molar-refractivity contribution in [2.45, 2.75) is 26.8 Å². The van der Waals surface area contributed by atoms with E-state index in [1.807, 2.05) is 26.0 Å². The lowest BCUT2D eigenvalue weighted by molar-refractivity contribution is 0.0474. The molecule has 0 amide bonds. The van der Waals surface area contributed by atoms with Crippen LogP contribution in [-0.2, 0) is 17.7 Å². The number of aryl methyl sites for hydroxylation is 2. The van der Waals surface area contributed by atoms with Crippen LogP contribution in [0.4, 0.5) is 0 Å². The molecule has 5 nitrogen and oxygen atoms in total. The van der Waals surface area contributed by atoms with Gasteiger partial charge in [0.2, 0.25) is 5.78 Å². The van der Waals surface area contributed by atoms with Crippen molar-refractivity contribution in [2.24, 2.45) is 0 Å². The van der Waals surface area contributed by atoms with Crippen molar-refractivity contribution >= 4 is 23.1 Å². The fraction of sp³-hybridized carbons (Fsp3) is 0.273. The summed E-state index contributed by atoms with van der Waals surface area (Å²) in [5.41, 5.74) is 2.92. The zero-order valence-electron chi connectivity index (χ0n) is 16.2. The van der Waals surface area contributed by atoms with E-state index in [9.17, 15) is 9.59 Å². The second kappa shape index (κ2) is 8.89. The number of nitrogens with zero attached hydrogens (tertiary/aromatic N) is 1. The lowest BCUT2D eigenvalue weighted by Crippen LogP contribution is -2.15. The van der Waals surface area contributed by atoms with Gasteiger partial charge in [0.1, 0.15) is 5.75 Å². The first kappa shape index (κ1) is 19.9. The number of carbonyl (C=O) groups is 2. The van der Waals surface area contributed by atoms with Crippen molar-refractivity contribution in [3.8, 4) is 5.75 Å². The molecule has 0 fully saturated rings. The Hall–Kier alpha value is -2.86. The van der Waals surface area contributed by atoms with Crippen molar-refractivity contribution in [3.63, 3.8) is 0 Å². The molecule has 0 saturated carbocycles. The van der Waals surface area contributed by atoms with Crippen molar-refractivity contribution in [3.05, 3.63) is 75.2 Å². The van der Waals surface area contributed by atoms with Crippen LogP contribution in [0.5, 0.6) is 5.75 Å². The van der Waals surface area contributed by atoms with E-state index in [1.54, 1.807) is 42.7 Å². The molecular formula is C22H23NO4S. The van der Waals surface area contributed by atoms with Gasteiger partial charge in [0.15, 0.2) is 6.61 Å². The summed E-state index contributed by atoms with van der Waals surface area (Å²) in [4.78, 5) is 26.1. The standard InChI is InChI=1S/C22H23NO4S/c1-15-13-20(16(2)23(15)11-10-19-5-4-12-28-19)21(24)14-27-22(25)17-6-8-18(26-3)9-7-17/h4-9,12-13H,10-11,14H2,1-3H3. The summed E-state index contributed by atoms with van der Waals surface area (Å²) >= 11 is 1.73. The van der Waals surface area contributed by atoms with E-state index in [1.165, 1.54) is 4.88 Å². The van der Waals surface area contributed by atoms with Crippen molar-refractivity contribution in [1.82, 2.24) is 4.57 Å². The molecule has 1 aromatic carbocycles. The van der Waals surface area contributed by atoms with Gasteiger partial charge in [-0.25, -0.2) is 4.79 Å². The third-order valence-corrected chi connectivity index (χ3v) is 5.63. The molecule has 0 spiro atoms. The maximum atomic E-state index is 12.6. The third kappa shape index (κ3) is 4.51. The Morgan fingerprint density at radius 2 is 1.86 bits per heavy atom. The van der Waals surface area contributed by atoms with Gasteiger partial charge < -0.3 is 14.0 Å². The number of hydrogen-bond donors (Lipinski definition) is 0. The van der Waals surface area contributed by atoms with E-state index >= 15 is 0 Å². The highest BCUT2D eigenvalue weighted by Crippen LogP contribution is 2.19. The third-order valence-electron chi connectivity index (χ3n) is 4.70. The zero-order valence-corrected chi connectivity index (χ0v) is 17.0. The molecule has 0 radical (unpaired) electrons. The molecule has 0 N–H and O–H groups in total. The van der Waals surface area contributed by atoms with Crippen LogP contribution in [0.15, 0.2) is 47.8 Å². The first-order valence-corrected chi connectivity index (χ1v) is 9.91. The monoisotopic (exact) mass is 397 g/mol. The van der Waals surface area contributed by atoms with Gasteiger partial charge in [-0.2, -0.15) is 0 Å². The number of carbonyl (C=O) groups excluding carboxylic acids is 2. The summed E-state index contributed by atoms with van der Waals surface area (Å²) in [6, 6.07) is 12.6. The summed E-state index contributed by atoms with van der Waals surface area (Å²) in [7, 11) is 1.56. The lowest BCUT2D eigenvalue weighted by Gasteiger charge is -2.09. The van der Waals surface area contributed by atoms with Crippen LogP contribution in [0.25, 0.3) is 0 Å². The van der Waals surface area contributed by atoms with Crippen LogP contribution in [0.2, 0.25) is 0 Å². The van der Waals surface area contributed by atoms with Crippen LogP contribution >= 0.6 is 11.3 Å². The molecular weight excluding hydrogens is 374 g/mol. The SMILES string of the molecule is COc1ccc(C(=O)OCC(=O)c2cc(C)n(CCc3cccs3)c2C)cc1. The number of rotatable bonds is 8. The van der Waals surface area contributed by atoms with Crippen molar-refractivity contribution in [1.29, 1.82) is 0 Å². The Balaban J connectivity index is 1.62. The summed E-state index contributed by atoms with van der Waals surface area (Å²) in [6.45, 7) is 4.46. The Morgan fingerprint density at radius 1 is 1.11 bits per heavy atom. The molecule has 3 rings (SSSR count). The molecule has 0 aliphatic heterocycles. The number of hydrogen-bond acceptors (Lipinski definition) is 5. The number of methoxy groups -OCH3 is 1. The summed E-state index contributed by atoms with van der Waals surface area (Å²) in [5.74, 6) is -0.0672. The van der Waals surface area contributed by atoms with Gasteiger partial charge in [-0.05, 0) is 62.0 Å².